The Bertz CT molecular complexity index is 360. The quantitative estimate of drug-likeness (QED) is 0.603. The van der Waals surface area contributed by atoms with Crippen LogP contribution in [0.25, 0.3) is 5.70 Å². The fraction of sp³-hybridized carbons (Fsp3) is 0.286. The monoisotopic (exact) mass is 163 g/mol. The highest BCUT2D eigenvalue weighted by molar-refractivity contribution is 5.83. The fourth-order valence-corrected chi connectivity index (χ4v) is 1.12. The lowest BCUT2D eigenvalue weighted by molar-refractivity contribution is 0.718. The molecule has 0 amide bonds. The van der Waals surface area contributed by atoms with Gasteiger partial charge in [0.15, 0.2) is 11.5 Å². The van der Waals surface area contributed by atoms with E-state index in [1.165, 1.54) is 0 Å². The molecule has 1 aromatic rings. The van der Waals surface area contributed by atoms with Gasteiger partial charge in [-0.25, -0.2) is 9.67 Å². The summed E-state index contributed by atoms with van der Waals surface area (Å²) in [6.07, 6.45) is 3.58. The molecule has 0 unspecified atom stereocenters. The van der Waals surface area contributed by atoms with Gasteiger partial charge in [-0.3, -0.25) is 0 Å². The van der Waals surface area contributed by atoms with E-state index >= 15 is 0 Å². The van der Waals surface area contributed by atoms with Crippen molar-refractivity contribution in [1.82, 2.24) is 20.3 Å². The van der Waals surface area contributed by atoms with E-state index in [0.717, 1.165) is 17.2 Å². The molecule has 12 heavy (non-hydrogen) atoms. The Balaban J connectivity index is 2.62. The summed E-state index contributed by atoms with van der Waals surface area (Å²) in [5, 5.41) is 10.8. The fourth-order valence-electron chi connectivity index (χ4n) is 1.12. The van der Waals surface area contributed by atoms with Crippen LogP contribution in [-0.2, 0) is 7.05 Å². The summed E-state index contributed by atoms with van der Waals surface area (Å²) < 4.78 is 1.65. The maximum atomic E-state index is 4.11. The largest absolute Gasteiger partial charge is 0.345 e. The summed E-state index contributed by atoms with van der Waals surface area (Å²) in [7, 11) is 1.82. The molecular formula is C7H9N5. The molecule has 0 radical (unpaired) electrons. The number of aryl methyl sites for hydroxylation is 1. The molecule has 1 aromatic heterocycles. The van der Waals surface area contributed by atoms with Gasteiger partial charge < -0.3 is 5.32 Å². The molecular weight excluding hydrogens is 154 g/mol. The maximum absolute atomic E-state index is 4.11. The van der Waals surface area contributed by atoms with Crippen LogP contribution in [0.5, 0.6) is 0 Å². The summed E-state index contributed by atoms with van der Waals surface area (Å²) in [5.41, 5.74) is 1.76. The van der Waals surface area contributed by atoms with Crippen molar-refractivity contribution in [2.45, 2.75) is 6.92 Å². The third kappa shape index (κ3) is 0.827. The van der Waals surface area contributed by atoms with Crippen LogP contribution in [0.3, 0.4) is 0 Å². The van der Waals surface area contributed by atoms with Crippen molar-refractivity contribution in [3.8, 4) is 0 Å². The molecule has 0 saturated heterocycles. The van der Waals surface area contributed by atoms with Gasteiger partial charge >= 0.3 is 0 Å². The van der Waals surface area contributed by atoms with Crippen molar-refractivity contribution in [1.29, 1.82) is 0 Å². The Morgan fingerprint density at radius 3 is 3.17 bits per heavy atom. The SMILES string of the molecule is CC=C1NC=Nc2c1nnn2C. The third-order valence-electron chi connectivity index (χ3n) is 1.75. The highest BCUT2D eigenvalue weighted by atomic mass is 15.5. The number of nitrogens with zero attached hydrogens (tertiary/aromatic N) is 4. The maximum Gasteiger partial charge on any atom is 0.181 e. The molecule has 5 nitrogen and oxygen atoms in total. The van der Waals surface area contributed by atoms with Crippen molar-refractivity contribution in [3.63, 3.8) is 0 Å². The number of nitrogens with one attached hydrogen (secondary N) is 1. The van der Waals surface area contributed by atoms with E-state index in [2.05, 4.69) is 20.6 Å². The molecule has 0 atom stereocenters. The lowest BCUT2D eigenvalue weighted by atomic mass is 10.3. The second kappa shape index (κ2) is 2.44. The Kier molecular flexibility index (Phi) is 1.43. The number of hydrogen-bond donors (Lipinski definition) is 1. The molecule has 0 saturated carbocycles. The van der Waals surface area contributed by atoms with E-state index in [-0.39, 0.29) is 0 Å². The van der Waals surface area contributed by atoms with E-state index in [4.69, 9.17) is 0 Å². The molecule has 0 aliphatic carbocycles. The molecule has 0 aromatic carbocycles. The van der Waals surface area contributed by atoms with Crippen LogP contribution in [-0.4, -0.2) is 21.3 Å². The molecule has 0 bridgehead atoms. The Hall–Kier alpha value is -1.65. The zero-order valence-corrected chi connectivity index (χ0v) is 6.94. The third-order valence-corrected chi connectivity index (χ3v) is 1.75. The molecule has 2 heterocycles. The molecule has 2 rings (SSSR count). The molecule has 1 aliphatic heterocycles. The van der Waals surface area contributed by atoms with Gasteiger partial charge in [0.05, 0.1) is 12.0 Å². The second-order valence-electron chi connectivity index (χ2n) is 2.49. The average Bonchev–Trinajstić information content (AvgIpc) is 2.48. The Morgan fingerprint density at radius 2 is 2.42 bits per heavy atom. The lowest BCUT2D eigenvalue weighted by Crippen LogP contribution is -2.13. The topological polar surface area (TPSA) is 55.1 Å². The van der Waals surface area contributed by atoms with Gasteiger partial charge in [-0.1, -0.05) is 11.3 Å². The van der Waals surface area contributed by atoms with Crippen LogP contribution < -0.4 is 5.32 Å². The van der Waals surface area contributed by atoms with Gasteiger partial charge in [-0.05, 0) is 6.92 Å². The molecule has 0 fully saturated rings. The number of aliphatic imine (C=N–C) groups is 1. The Labute approximate surface area is 69.8 Å². The van der Waals surface area contributed by atoms with Crippen LogP contribution in [0.4, 0.5) is 5.82 Å². The molecule has 5 heteroatoms. The van der Waals surface area contributed by atoms with E-state index in [1.54, 1.807) is 11.0 Å². The number of fused-ring (bicyclic) bond motifs is 1. The van der Waals surface area contributed by atoms with Gasteiger partial charge in [0.1, 0.15) is 0 Å². The van der Waals surface area contributed by atoms with E-state index in [0.29, 0.717) is 0 Å². The van der Waals surface area contributed by atoms with Gasteiger partial charge in [0.25, 0.3) is 0 Å². The predicted molar refractivity (Wildman–Crippen MR) is 45.9 cm³/mol. The zero-order valence-electron chi connectivity index (χ0n) is 6.94. The van der Waals surface area contributed by atoms with Crippen LogP contribution in [0.15, 0.2) is 11.1 Å². The van der Waals surface area contributed by atoms with Crippen molar-refractivity contribution in [3.05, 3.63) is 11.8 Å². The minimum absolute atomic E-state index is 0.793. The van der Waals surface area contributed by atoms with Crippen molar-refractivity contribution < 1.29 is 0 Å². The number of aromatic nitrogens is 3. The minimum atomic E-state index is 0.793. The summed E-state index contributed by atoms with van der Waals surface area (Å²) >= 11 is 0. The molecule has 0 spiro atoms. The van der Waals surface area contributed by atoms with Crippen LogP contribution >= 0.6 is 0 Å². The van der Waals surface area contributed by atoms with Crippen LogP contribution in [0.2, 0.25) is 0 Å². The van der Waals surface area contributed by atoms with Crippen LogP contribution in [0.1, 0.15) is 12.6 Å². The highest BCUT2D eigenvalue weighted by Gasteiger charge is 2.15. The summed E-state index contributed by atoms with van der Waals surface area (Å²) in [6, 6.07) is 0. The lowest BCUT2D eigenvalue weighted by Gasteiger charge is -2.08. The van der Waals surface area contributed by atoms with Gasteiger partial charge in [0, 0.05) is 7.05 Å². The van der Waals surface area contributed by atoms with E-state index in [9.17, 15) is 0 Å². The first-order valence-corrected chi connectivity index (χ1v) is 3.68. The summed E-state index contributed by atoms with van der Waals surface area (Å²) in [4.78, 5) is 4.11. The number of rotatable bonds is 0. The summed E-state index contributed by atoms with van der Waals surface area (Å²) in [5.74, 6) is 0.793. The highest BCUT2D eigenvalue weighted by Crippen LogP contribution is 2.23. The normalized spacial score (nSPS) is 17.7. The van der Waals surface area contributed by atoms with E-state index < -0.39 is 0 Å². The van der Waals surface area contributed by atoms with Gasteiger partial charge in [-0.2, -0.15) is 0 Å². The number of allylic oxidation sites excluding steroid dienone is 1. The van der Waals surface area contributed by atoms with Crippen molar-refractivity contribution in [2.75, 3.05) is 0 Å². The predicted octanol–water partition coefficient (Wildman–Crippen LogP) is 0.439. The van der Waals surface area contributed by atoms with E-state index in [1.807, 2.05) is 20.0 Å². The first kappa shape index (κ1) is 7.02. The average molecular weight is 163 g/mol. The standard InChI is InChI=1S/C7H9N5/c1-3-5-6-7(9-4-8-5)12(2)11-10-6/h3-4H,1-2H3,(H,8,9). The molecule has 1 aliphatic rings. The zero-order chi connectivity index (χ0) is 8.55. The smallest absolute Gasteiger partial charge is 0.181 e. The molecule has 62 valence electrons. The first-order valence-electron chi connectivity index (χ1n) is 3.68. The van der Waals surface area contributed by atoms with Gasteiger partial charge in [0.2, 0.25) is 0 Å². The van der Waals surface area contributed by atoms with Gasteiger partial charge in [-0.15, -0.1) is 5.10 Å². The van der Waals surface area contributed by atoms with Crippen molar-refractivity contribution in [2.24, 2.45) is 12.0 Å². The second-order valence-corrected chi connectivity index (χ2v) is 2.49. The first-order chi connectivity index (χ1) is 5.83. The van der Waals surface area contributed by atoms with Crippen LogP contribution in [0, 0.1) is 0 Å². The minimum Gasteiger partial charge on any atom is -0.345 e. The summed E-state index contributed by atoms with van der Waals surface area (Å²) in [6.45, 7) is 1.94. The van der Waals surface area contributed by atoms with Crippen molar-refractivity contribution >= 4 is 17.9 Å². The molecule has 1 N–H and O–H groups in total. The Morgan fingerprint density at radius 1 is 1.58 bits per heavy atom. The number of hydrogen-bond acceptors (Lipinski definition) is 4.